The quantitative estimate of drug-likeness (QED) is 0.574. The zero-order valence-corrected chi connectivity index (χ0v) is 6.37. The SMILES string of the molecule is O=CCC1=CSC=CS1. The van der Waals surface area contributed by atoms with E-state index in [0.717, 1.165) is 11.2 Å². The molecule has 1 aliphatic heterocycles. The Morgan fingerprint density at radius 3 is 3.00 bits per heavy atom. The lowest BCUT2D eigenvalue weighted by Gasteiger charge is -2.00. The van der Waals surface area contributed by atoms with Crippen molar-refractivity contribution in [1.82, 2.24) is 0 Å². The summed E-state index contributed by atoms with van der Waals surface area (Å²) in [5.41, 5.74) is 0. The van der Waals surface area contributed by atoms with Gasteiger partial charge in [0.2, 0.25) is 0 Å². The van der Waals surface area contributed by atoms with Crippen molar-refractivity contribution in [1.29, 1.82) is 0 Å². The topological polar surface area (TPSA) is 17.1 Å². The number of hydrogen-bond donors (Lipinski definition) is 0. The third-order valence-corrected chi connectivity index (χ3v) is 2.73. The molecule has 0 aromatic rings. The first-order valence-electron chi connectivity index (χ1n) is 2.53. The molecule has 0 bridgehead atoms. The molecule has 48 valence electrons. The van der Waals surface area contributed by atoms with E-state index in [1.807, 2.05) is 16.2 Å². The minimum absolute atomic E-state index is 0.558. The predicted octanol–water partition coefficient (Wildman–Crippen LogP) is 2.37. The number of rotatable bonds is 2. The van der Waals surface area contributed by atoms with Crippen molar-refractivity contribution in [3.05, 3.63) is 21.1 Å². The zero-order valence-electron chi connectivity index (χ0n) is 4.74. The minimum atomic E-state index is 0.558. The van der Waals surface area contributed by atoms with Crippen LogP contribution in [0.4, 0.5) is 0 Å². The summed E-state index contributed by atoms with van der Waals surface area (Å²) in [6.07, 6.45) is 1.49. The van der Waals surface area contributed by atoms with Crippen LogP contribution in [0.25, 0.3) is 0 Å². The van der Waals surface area contributed by atoms with Crippen LogP contribution in [0, 0.1) is 0 Å². The summed E-state index contributed by atoms with van der Waals surface area (Å²) < 4.78 is 0. The predicted molar refractivity (Wildman–Crippen MR) is 43.1 cm³/mol. The first-order chi connectivity index (χ1) is 4.43. The molecular formula is C6H6OS2. The largest absolute Gasteiger partial charge is 0.303 e. The normalized spacial score (nSPS) is 17.1. The summed E-state index contributed by atoms with van der Waals surface area (Å²) in [7, 11) is 0. The van der Waals surface area contributed by atoms with Crippen LogP contribution in [0.3, 0.4) is 0 Å². The number of hydrogen-bond acceptors (Lipinski definition) is 3. The van der Waals surface area contributed by atoms with Crippen molar-refractivity contribution in [2.75, 3.05) is 0 Å². The molecule has 0 unspecified atom stereocenters. The molecule has 0 saturated carbocycles. The van der Waals surface area contributed by atoms with Gasteiger partial charge in [0.1, 0.15) is 6.29 Å². The molecule has 1 rings (SSSR count). The molecule has 0 radical (unpaired) electrons. The lowest BCUT2D eigenvalue weighted by atomic mass is 10.5. The van der Waals surface area contributed by atoms with Crippen LogP contribution < -0.4 is 0 Å². The van der Waals surface area contributed by atoms with E-state index < -0.39 is 0 Å². The molecule has 1 nitrogen and oxygen atoms in total. The van der Waals surface area contributed by atoms with Crippen molar-refractivity contribution in [2.24, 2.45) is 0 Å². The second-order valence-electron chi connectivity index (χ2n) is 1.48. The molecule has 3 heteroatoms. The average molecular weight is 158 g/mol. The van der Waals surface area contributed by atoms with Crippen LogP contribution in [-0.2, 0) is 4.79 Å². The van der Waals surface area contributed by atoms with Crippen LogP contribution in [0.2, 0.25) is 0 Å². The first-order valence-corrected chi connectivity index (χ1v) is 4.35. The van der Waals surface area contributed by atoms with Gasteiger partial charge in [0, 0.05) is 11.3 Å². The third kappa shape index (κ3) is 2.28. The Balaban J connectivity index is 2.40. The van der Waals surface area contributed by atoms with Crippen LogP contribution in [0.1, 0.15) is 6.42 Å². The fourth-order valence-electron chi connectivity index (χ4n) is 0.469. The van der Waals surface area contributed by atoms with Crippen molar-refractivity contribution < 1.29 is 4.79 Å². The number of thioether (sulfide) groups is 2. The third-order valence-electron chi connectivity index (χ3n) is 0.838. The Kier molecular flexibility index (Phi) is 2.94. The second-order valence-corrected chi connectivity index (χ2v) is 3.29. The maximum Gasteiger partial charge on any atom is 0.124 e. The fourth-order valence-corrected chi connectivity index (χ4v) is 2.00. The molecule has 1 heterocycles. The molecule has 0 fully saturated rings. The number of carbonyl (C=O) groups is 1. The Hall–Kier alpha value is -0.150. The maximum atomic E-state index is 9.99. The van der Waals surface area contributed by atoms with Gasteiger partial charge in [-0.25, -0.2) is 0 Å². The van der Waals surface area contributed by atoms with Gasteiger partial charge in [0.25, 0.3) is 0 Å². The highest BCUT2D eigenvalue weighted by Gasteiger charge is 1.96. The van der Waals surface area contributed by atoms with Gasteiger partial charge >= 0.3 is 0 Å². The smallest absolute Gasteiger partial charge is 0.124 e. The van der Waals surface area contributed by atoms with Gasteiger partial charge in [0.05, 0.1) is 0 Å². The summed E-state index contributed by atoms with van der Waals surface area (Å²) in [6.45, 7) is 0. The molecule has 0 aromatic heterocycles. The summed E-state index contributed by atoms with van der Waals surface area (Å²) in [5, 5.41) is 5.99. The lowest BCUT2D eigenvalue weighted by Crippen LogP contribution is -1.77. The van der Waals surface area contributed by atoms with Gasteiger partial charge in [-0.2, -0.15) is 0 Å². The van der Waals surface area contributed by atoms with E-state index in [4.69, 9.17) is 0 Å². The van der Waals surface area contributed by atoms with E-state index in [2.05, 4.69) is 0 Å². The highest BCUT2D eigenvalue weighted by Crippen LogP contribution is 2.29. The highest BCUT2D eigenvalue weighted by molar-refractivity contribution is 8.11. The molecule has 9 heavy (non-hydrogen) atoms. The Labute approximate surface area is 62.6 Å². The van der Waals surface area contributed by atoms with E-state index in [1.54, 1.807) is 23.5 Å². The van der Waals surface area contributed by atoms with E-state index in [0.29, 0.717) is 6.42 Å². The van der Waals surface area contributed by atoms with Gasteiger partial charge < -0.3 is 4.79 Å². The van der Waals surface area contributed by atoms with Crippen LogP contribution in [0.15, 0.2) is 21.1 Å². The zero-order chi connectivity index (χ0) is 6.53. The standard InChI is InChI=1S/C6H6OS2/c7-2-1-6-5-8-3-4-9-6/h2-5H,1H2. The highest BCUT2D eigenvalue weighted by atomic mass is 32.2. The van der Waals surface area contributed by atoms with E-state index in [-0.39, 0.29) is 0 Å². The summed E-state index contributed by atoms with van der Waals surface area (Å²) in [4.78, 5) is 11.1. The molecule has 0 aromatic carbocycles. The second kappa shape index (κ2) is 3.80. The molecular weight excluding hydrogens is 152 g/mol. The first kappa shape index (κ1) is 6.96. The fraction of sp³-hybridized carbons (Fsp3) is 0.167. The van der Waals surface area contributed by atoms with Gasteiger partial charge in [-0.15, -0.1) is 23.5 Å². The van der Waals surface area contributed by atoms with Crippen LogP contribution >= 0.6 is 23.5 Å². The van der Waals surface area contributed by atoms with Crippen molar-refractivity contribution in [2.45, 2.75) is 6.42 Å². The molecule has 0 spiro atoms. The van der Waals surface area contributed by atoms with E-state index in [1.165, 1.54) is 0 Å². The molecule has 0 atom stereocenters. The summed E-state index contributed by atoms with van der Waals surface area (Å²) >= 11 is 3.24. The number of allylic oxidation sites excluding steroid dienone is 1. The molecule has 0 saturated heterocycles. The van der Waals surface area contributed by atoms with E-state index in [9.17, 15) is 4.79 Å². The van der Waals surface area contributed by atoms with Gasteiger partial charge in [-0.05, 0) is 16.2 Å². The Bertz CT molecular complexity index is 156. The molecule has 1 aliphatic rings. The average Bonchev–Trinajstić information content (AvgIpc) is 1.91. The van der Waals surface area contributed by atoms with Crippen LogP contribution in [-0.4, -0.2) is 6.29 Å². The number of aldehydes is 1. The van der Waals surface area contributed by atoms with Gasteiger partial charge in [0.15, 0.2) is 0 Å². The maximum absolute atomic E-state index is 9.99. The summed E-state index contributed by atoms with van der Waals surface area (Å²) in [6, 6.07) is 0. The Morgan fingerprint density at radius 1 is 1.56 bits per heavy atom. The van der Waals surface area contributed by atoms with Gasteiger partial charge in [-0.3, -0.25) is 0 Å². The number of carbonyl (C=O) groups excluding carboxylic acids is 1. The Morgan fingerprint density at radius 2 is 2.44 bits per heavy atom. The lowest BCUT2D eigenvalue weighted by molar-refractivity contribution is -0.107. The van der Waals surface area contributed by atoms with Crippen molar-refractivity contribution in [3.63, 3.8) is 0 Å². The molecule has 0 aliphatic carbocycles. The van der Waals surface area contributed by atoms with Crippen LogP contribution in [0.5, 0.6) is 0 Å². The van der Waals surface area contributed by atoms with Crippen molar-refractivity contribution >= 4 is 29.8 Å². The van der Waals surface area contributed by atoms with Gasteiger partial charge in [-0.1, -0.05) is 0 Å². The molecule has 0 amide bonds. The minimum Gasteiger partial charge on any atom is -0.303 e. The summed E-state index contributed by atoms with van der Waals surface area (Å²) in [5.74, 6) is 0. The van der Waals surface area contributed by atoms with E-state index >= 15 is 0 Å². The monoisotopic (exact) mass is 158 g/mol. The molecule has 0 N–H and O–H groups in total. The van der Waals surface area contributed by atoms with Crippen molar-refractivity contribution in [3.8, 4) is 0 Å².